The average Bonchev–Trinajstić information content (AvgIpc) is 2.93. The Hall–Kier alpha value is -1.24. The van der Waals surface area contributed by atoms with E-state index in [2.05, 4.69) is 15.0 Å². The van der Waals surface area contributed by atoms with Crippen molar-refractivity contribution in [1.29, 1.82) is 0 Å². The minimum Gasteiger partial charge on any atom is -0.394 e. The number of ether oxygens (including phenoxy) is 1. The predicted octanol–water partition coefficient (Wildman–Crippen LogP) is 1.46. The van der Waals surface area contributed by atoms with E-state index in [9.17, 15) is 0 Å². The maximum absolute atomic E-state index is 9.09. The highest BCUT2D eigenvalue weighted by molar-refractivity contribution is 6.33. The van der Waals surface area contributed by atoms with Gasteiger partial charge in [0.1, 0.15) is 17.6 Å². The fraction of sp³-hybridized carbons (Fsp3) is 0.545. The second kappa shape index (κ2) is 4.46. The van der Waals surface area contributed by atoms with Crippen molar-refractivity contribution in [2.24, 2.45) is 0 Å². The molecule has 2 aromatic heterocycles. The van der Waals surface area contributed by atoms with Crippen LogP contribution in [0.5, 0.6) is 0 Å². The zero-order valence-corrected chi connectivity index (χ0v) is 10.6. The van der Waals surface area contributed by atoms with Gasteiger partial charge in [0.05, 0.1) is 19.0 Å². The number of nitrogens with zero attached hydrogens (tertiary/aromatic N) is 4. The van der Waals surface area contributed by atoms with Crippen LogP contribution in [0.3, 0.4) is 0 Å². The third-order valence-corrected chi connectivity index (χ3v) is 3.35. The van der Waals surface area contributed by atoms with E-state index in [0.717, 1.165) is 12.8 Å². The molecular weight excluding hydrogens is 256 g/mol. The van der Waals surface area contributed by atoms with Crippen molar-refractivity contribution in [2.45, 2.75) is 32.1 Å². The zero-order chi connectivity index (χ0) is 12.7. The minimum absolute atomic E-state index is 0.0396. The van der Waals surface area contributed by atoms with Crippen LogP contribution in [0.15, 0.2) is 6.33 Å². The van der Waals surface area contributed by atoms with Crippen LogP contribution in [0.25, 0.3) is 11.2 Å². The summed E-state index contributed by atoms with van der Waals surface area (Å²) in [5.41, 5.74) is 1.26. The van der Waals surface area contributed by atoms with E-state index in [1.54, 1.807) is 13.3 Å². The first kappa shape index (κ1) is 11.8. The summed E-state index contributed by atoms with van der Waals surface area (Å²) in [4.78, 5) is 12.6. The van der Waals surface area contributed by atoms with Gasteiger partial charge in [0.25, 0.3) is 0 Å². The van der Waals surface area contributed by atoms with Crippen molar-refractivity contribution in [2.75, 3.05) is 6.61 Å². The van der Waals surface area contributed by atoms with E-state index in [4.69, 9.17) is 21.4 Å². The van der Waals surface area contributed by atoms with Crippen LogP contribution in [-0.4, -0.2) is 37.3 Å². The normalized spacial score (nSPS) is 23.9. The van der Waals surface area contributed by atoms with Crippen LogP contribution in [-0.2, 0) is 4.74 Å². The number of rotatable bonds is 2. The Morgan fingerprint density at radius 2 is 2.33 bits per heavy atom. The van der Waals surface area contributed by atoms with E-state index in [0.29, 0.717) is 22.1 Å². The van der Waals surface area contributed by atoms with Crippen LogP contribution in [0.1, 0.15) is 24.9 Å². The van der Waals surface area contributed by atoms with Crippen molar-refractivity contribution in [3.8, 4) is 0 Å². The van der Waals surface area contributed by atoms with Gasteiger partial charge >= 0.3 is 0 Å². The van der Waals surface area contributed by atoms with Crippen LogP contribution in [0.2, 0.25) is 5.15 Å². The highest BCUT2D eigenvalue weighted by atomic mass is 35.5. The van der Waals surface area contributed by atoms with Gasteiger partial charge in [-0.05, 0) is 19.8 Å². The molecule has 96 valence electrons. The summed E-state index contributed by atoms with van der Waals surface area (Å²) < 4.78 is 7.57. The van der Waals surface area contributed by atoms with Crippen molar-refractivity contribution in [3.63, 3.8) is 0 Å². The molecule has 1 saturated heterocycles. The van der Waals surface area contributed by atoms with E-state index < -0.39 is 0 Å². The van der Waals surface area contributed by atoms with Gasteiger partial charge in [0.15, 0.2) is 10.8 Å². The van der Waals surface area contributed by atoms with E-state index in [1.807, 2.05) is 4.57 Å². The lowest BCUT2D eigenvalue weighted by Crippen LogP contribution is -2.14. The monoisotopic (exact) mass is 268 g/mol. The van der Waals surface area contributed by atoms with Crippen LogP contribution in [0, 0.1) is 6.92 Å². The van der Waals surface area contributed by atoms with E-state index in [-0.39, 0.29) is 18.9 Å². The smallest absolute Gasteiger partial charge is 0.167 e. The first-order chi connectivity index (χ1) is 8.69. The van der Waals surface area contributed by atoms with Crippen LogP contribution in [0.4, 0.5) is 0 Å². The summed E-state index contributed by atoms with van der Waals surface area (Å²) in [5, 5.41) is 9.44. The fourth-order valence-electron chi connectivity index (χ4n) is 2.22. The largest absolute Gasteiger partial charge is 0.394 e. The number of aromatic nitrogens is 4. The first-order valence-corrected chi connectivity index (χ1v) is 6.20. The summed E-state index contributed by atoms with van der Waals surface area (Å²) >= 11 is 6.03. The molecular formula is C11H13ClN4O2. The molecule has 0 radical (unpaired) electrons. The molecule has 18 heavy (non-hydrogen) atoms. The summed E-state index contributed by atoms with van der Waals surface area (Å²) in [7, 11) is 0. The number of hydrogen-bond acceptors (Lipinski definition) is 5. The van der Waals surface area contributed by atoms with Gasteiger partial charge in [0.2, 0.25) is 0 Å². The highest BCUT2D eigenvalue weighted by Crippen LogP contribution is 2.31. The summed E-state index contributed by atoms with van der Waals surface area (Å²) in [6.45, 7) is 1.83. The van der Waals surface area contributed by atoms with E-state index in [1.165, 1.54) is 0 Å². The van der Waals surface area contributed by atoms with Crippen molar-refractivity contribution < 1.29 is 9.84 Å². The second-order valence-corrected chi connectivity index (χ2v) is 4.72. The van der Waals surface area contributed by atoms with Gasteiger partial charge in [0, 0.05) is 0 Å². The number of aliphatic hydroxyl groups is 1. The van der Waals surface area contributed by atoms with Crippen LogP contribution < -0.4 is 0 Å². The fourth-order valence-corrected chi connectivity index (χ4v) is 2.48. The molecule has 2 aromatic rings. The van der Waals surface area contributed by atoms with Crippen molar-refractivity contribution in [3.05, 3.63) is 17.3 Å². The summed E-state index contributed by atoms with van der Waals surface area (Å²) in [5.74, 6) is 0.603. The van der Waals surface area contributed by atoms with Gasteiger partial charge in [-0.2, -0.15) is 0 Å². The van der Waals surface area contributed by atoms with Gasteiger partial charge in [-0.3, -0.25) is 4.57 Å². The predicted molar refractivity (Wildman–Crippen MR) is 65.3 cm³/mol. The average molecular weight is 269 g/mol. The third-order valence-electron chi connectivity index (χ3n) is 3.09. The maximum Gasteiger partial charge on any atom is 0.167 e. The molecule has 6 nitrogen and oxygen atoms in total. The molecule has 0 spiro atoms. The second-order valence-electron chi connectivity index (χ2n) is 4.36. The lowest BCUT2D eigenvalue weighted by atomic mass is 10.2. The lowest BCUT2D eigenvalue weighted by molar-refractivity contribution is -0.0207. The SMILES string of the molecule is Cc1nc(Cl)c2ncn([C@H]3CC[C@@H](CO)O3)c2n1. The molecule has 1 aliphatic heterocycles. The Morgan fingerprint density at radius 1 is 1.50 bits per heavy atom. The van der Waals surface area contributed by atoms with Gasteiger partial charge in [-0.1, -0.05) is 11.6 Å². The molecule has 0 amide bonds. The Bertz CT molecular complexity index is 586. The molecule has 0 bridgehead atoms. The lowest BCUT2D eigenvalue weighted by Gasteiger charge is -2.13. The Kier molecular flexibility index (Phi) is 2.93. The molecule has 7 heteroatoms. The Labute approximate surface area is 109 Å². The molecule has 0 aliphatic carbocycles. The molecule has 1 fully saturated rings. The molecule has 1 N–H and O–H groups in total. The quantitative estimate of drug-likeness (QED) is 0.835. The zero-order valence-electron chi connectivity index (χ0n) is 9.88. The number of aliphatic hydroxyl groups excluding tert-OH is 1. The highest BCUT2D eigenvalue weighted by Gasteiger charge is 2.27. The Balaban J connectivity index is 2.03. The molecule has 0 aromatic carbocycles. The Morgan fingerprint density at radius 3 is 3.06 bits per heavy atom. The van der Waals surface area contributed by atoms with Gasteiger partial charge in [-0.15, -0.1) is 0 Å². The molecule has 0 unspecified atom stereocenters. The maximum atomic E-state index is 9.09. The number of imidazole rings is 1. The number of fused-ring (bicyclic) bond motifs is 1. The minimum atomic E-state index is -0.141. The van der Waals surface area contributed by atoms with Crippen LogP contribution >= 0.6 is 11.6 Å². The van der Waals surface area contributed by atoms with Gasteiger partial charge in [-0.25, -0.2) is 15.0 Å². The molecule has 3 rings (SSSR count). The van der Waals surface area contributed by atoms with Crippen molar-refractivity contribution >= 4 is 22.8 Å². The first-order valence-electron chi connectivity index (χ1n) is 5.82. The molecule has 3 heterocycles. The molecule has 0 saturated carbocycles. The van der Waals surface area contributed by atoms with Crippen molar-refractivity contribution in [1.82, 2.24) is 19.5 Å². The third kappa shape index (κ3) is 1.86. The summed E-state index contributed by atoms with van der Waals surface area (Å²) in [6, 6.07) is 0. The summed E-state index contributed by atoms with van der Waals surface area (Å²) in [6.07, 6.45) is 3.08. The topological polar surface area (TPSA) is 73.1 Å². The van der Waals surface area contributed by atoms with E-state index >= 15 is 0 Å². The number of halogens is 1. The number of aryl methyl sites for hydroxylation is 1. The number of hydrogen-bond donors (Lipinski definition) is 1. The molecule has 2 atom stereocenters. The molecule has 1 aliphatic rings. The standard InChI is InChI=1S/C11H13ClN4O2/c1-6-14-10(12)9-11(15-6)16(5-13-9)8-3-2-7(4-17)18-8/h5,7-8,17H,2-4H2,1H3/t7-,8+/m0/s1. The van der Waals surface area contributed by atoms with Gasteiger partial charge < -0.3 is 9.84 Å².